The van der Waals surface area contributed by atoms with Gasteiger partial charge in [0, 0.05) is 30.1 Å². The fraction of sp³-hybridized carbons (Fsp3) is 0.320. The predicted octanol–water partition coefficient (Wildman–Crippen LogP) is 2.36. The standard InChI is InChI=1S/C25H25F3N2O7S/c1-12(31)36-11-20-23(33)22(32)16(9-30-10-19(29)14-7-17(26)21(28)18(27)8-14)25(37-20)38-15-5-3-4-13(6-15)24(34)35-2/h3-8,10,16,20,23,25,30,33H,9,11,29H2,1-2H3/b19-10-. The van der Waals surface area contributed by atoms with Gasteiger partial charge in [0.2, 0.25) is 0 Å². The minimum Gasteiger partial charge on any atom is -0.465 e. The van der Waals surface area contributed by atoms with Gasteiger partial charge in [0.25, 0.3) is 0 Å². The van der Waals surface area contributed by atoms with E-state index >= 15 is 0 Å². The number of halogens is 3. The normalized spacial score (nSPS) is 21.6. The minimum atomic E-state index is -1.63. The van der Waals surface area contributed by atoms with Crippen LogP contribution < -0.4 is 11.1 Å². The lowest BCUT2D eigenvalue weighted by molar-refractivity contribution is -0.171. The molecule has 4 unspecified atom stereocenters. The summed E-state index contributed by atoms with van der Waals surface area (Å²) in [7, 11) is 1.24. The van der Waals surface area contributed by atoms with Crippen LogP contribution >= 0.6 is 11.8 Å². The van der Waals surface area contributed by atoms with E-state index in [1.54, 1.807) is 18.2 Å². The molecule has 0 amide bonds. The Balaban J connectivity index is 1.81. The third kappa shape index (κ3) is 7.05. The average Bonchev–Trinajstić information content (AvgIpc) is 2.89. The summed E-state index contributed by atoms with van der Waals surface area (Å²) in [5, 5.41) is 13.3. The Morgan fingerprint density at radius 3 is 2.50 bits per heavy atom. The van der Waals surface area contributed by atoms with Crippen LogP contribution in [0.3, 0.4) is 0 Å². The highest BCUT2D eigenvalue weighted by atomic mass is 32.2. The molecule has 1 heterocycles. The zero-order valence-electron chi connectivity index (χ0n) is 20.3. The highest BCUT2D eigenvalue weighted by Gasteiger charge is 2.45. The van der Waals surface area contributed by atoms with E-state index in [0.29, 0.717) is 4.90 Å². The Bertz CT molecular complexity index is 1220. The average molecular weight is 555 g/mol. The van der Waals surface area contributed by atoms with E-state index in [1.165, 1.54) is 26.3 Å². The van der Waals surface area contributed by atoms with Gasteiger partial charge >= 0.3 is 11.9 Å². The maximum Gasteiger partial charge on any atom is 0.337 e. The maximum absolute atomic E-state index is 13.5. The Morgan fingerprint density at radius 1 is 1.18 bits per heavy atom. The topological polar surface area (TPSA) is 137 Å². The molecule has 1 aliphatic rings. The van der Waals surface area contributed by atoms with Crippen molar-refractivity contribution in [1.82, 2.24) is 5.32 Å². The van der Waals surface area contributed by atoms with Gasteiger partial charge < -0.3 is 30.4 Å². The summed E-state index contributed by atoms with van der Waals surface area (Å²) >= 11 is 1.08. The molecule has 204 valence electrons. The van der Waals surface area contributed by atoms with E-state index < -0.39 is 58.7 Å². The number of esters is 2. The van der Waals surface area contributed by atoms with Crippen LogP contribution in [0.25, 0.3) is 5.70 Å². The number of rotatable bonds is 9. The van der Waals surface area contributed by atoms with Crippen LogP contribution in [0.5, 0.6) is 0 Å². The number of methoxy groups -OCH3 is 1. The number of carbonyl (C=O) groups excluding carboxylic acids is 3. The second kappa shape index (κ2) is 12.8. The first-order valence-corrected chi connectivity index (χ1v) is 12.1. The van der Waals surface area contributed by atoms with E-state index in [-0.39, 0.29) is 30.0 Å². The maximum atomic E-state index is 13.5. The third-order valence-electron chi connectivity index (χ3n) is 5.52. The molecule has 2 aromatic rings. The summed E-state index contributed by atoms with van der Waals surface area (Å²) in [5.41, 5.74) is 4.92. The number of aliphatic hydroxyl groups is 1. The van der Waals surface area contributed by atoms with Crippen molar-refractivity contribution in [3.8, 4) is 0 Å². The number of hydrogen-bond acceptors (Lipinski definition) is 10. The van der Waals surface area contributed by atoms with Gasteiger partial charge in [-0.05, 0) is 30.3 Å². The van der Waals surface area contributed by atoms with Crippen LogP contribution in [-0.4, -0.2) is 60.7 Å². The molecule has 4 atom stereocenters. The lowest BCUT2D eigenvalue weighted by Gasteiger charge is -2.37. The number of hydrogen-bond donors (Lipinski definition) is 3. The lowest BCUT2D eigenvalue weighted by atomic mass is 9.94. The van der Waals surface area contributed by atoms with Crippen molar-refractivity contribution in [3.63, 3.8) is 0 Å². The molecular formula is C25H25F3N2O7S. The van der Waals surface area contributed by atoms with Crippen molar-refractivity contribution >= 4 is 35.2 Å². The van der Waals surface area contributed by atoms with Crippen LogP contribution in [0.4, 0.5) is 13.2 Å². The molecule has 1 fully saturated rings. The van der Waals surface area contributed by atoms with Crippen LogP contribution in [0.15, 0.2) is 47.5 Å². The third-order valence-corrected chi connectivity index (χ3v) is 6.72. The number of nitrogens with two attached hydrogens (primary N) is 1. The second-order valence-electron chi connectivity index (χ2n) is 8.20. The van der Waals surface area contributed by atoms with E-state index in [9.17, 15) is 32.7 Å². The van der Waals surface area contributed by atoms with E-state index in [1.807, 2.05) is 0 Å². The van der Waals surface area contributed by atoms with Crippen LogP contribution in [0.2, 0.25) is 0 Å². The number of nitrogens with one attached hydrogen (secondary N) is 1. The molecular weight excluding hydrogens is 529 g/mol. The number of ketones is 1. The Kier molecular flexibility index (Phi) is 9.78. The number of aliphatic hydroxyl groups excluding tert-OH is 1. The molecule has 9 nitrogen and oxygen atoms in total. The summed E-state index contributed by atoms with van der Waals surface area (Å²) in [5.74, 6) is -7.25. The highest BCUT2D eigenvalue weighted by Crippen LogP contribution is 2.35. The Labute approximate surface area is 220 Å². The summed E-state index contributed by atoms with van der Waals surface area (Å²) in [6.45, 7) is 0.678. The van der Waals surface area contributed by atoms with Gasteiger partial charge in [-0.1, -0.05) is 17.8 Å². The second-order valence-corrected chi connectivity index (χ2v) is 9.37. The van der Waals surface area contributed by atoms with E-state index in [2.05, 4.69) is 5.32 Å². The van der Waals surface area contributed by atoms with Gasteiger partial charge in [0.15, 0.2) is 23.2 Å². The number of benzene rings is 2. The fourth-order valence-corrected chi connectivity index (χ4v) is 4.78. The molecule has 13 heteroatoms. The highest BCUT2D eigenvalue weighted by molar-refractivity contribution is 7.99. The molecule has 0 bridgehead atoms. The first-order chi connectivity index (χ1) is 18.0. The largest absolute Gasteiger partial charge is 0.465 e. The van der Waals surface area contributed by atoms with Gasteiger partial charge in [0.05, 0.1) is 24.3 Å². The minimum absolute atomic E-state index is 0.128. The first kappa shape index (κ1) is 29.0. The number of ether oxygens (including phenoxy) is 3. The predicted molar refractivity (Wildman–Crippen MR) is 130 cm³/mol. The van der Waals surface area contributed by atoms with Crippen molar-refractivity contribution in [2.45, 2.75) is 29.5 Å². The number of thioether (sulfide) groups is 1. The van der Waals surface area contributed by atoms with Crippen LogP contribution in [-0.2, 0) is 23.8 Å². The Morgan fingerprint density at radius 2 is 1.87 bits per heavy atom. The smallest absolute Gasteiger partial charge is 0.337 e. The molecule has 0 radical (unpaired) electrons. The van der Waals surface area contributed by atoms with Gasteiger partial charge in [-0.15, -0.1) is 0 Å². The van der Waals surface area contributed by atoms with Gasteiger partial charge in [-0.25, -0.2) is 18.0 Å². The monoisotopic (exact) mass is 554 g/mol. The van der Waals surface area contributed by atoms with Crippen molar-refractivity contribution in [3.05, 3.63) is 71.2 Å². The van der Waals surface area contributed by atoms with Crippen LogP contribution in [0.1, 0.15) is 22.8 Å². The number of carbonyl (C=O) groups is 3. The van der Waals surface area contributed by atoms with Gasteiger partial charge in [0.1, 0.15) is 24.3 Å². The first-order valence-electron chi connectivity index (χ1n) is 11.2. The van der Waals surface area contributed by atoms with Gasteiger partial charge in [-0.3, -0.25) is 9.59 Å². The summed E-state index contributed by atoms with van der Waals surface area (Å²) in [6.07, 6.45) is -1.58. The van der Waals surface area contributed by atoms with E-state index in [4.69, 9.17) is 19.9 Å². The van der Waals surface area contributed by atoms with Crippen molar-refractivity contribution in [2.75, 3.05) is 20.3 Å². The SMILES string of the molecule is COC(=O)c1cccc(SC2OC(COC(C)=O)C(O)C(=O)C2CN/C=C(\N)c2cc(F)c(F)c(F)c2)c1. The molecule has 2 aromatic carbocycles. The molecule has 0 saturated carbocycles. The van der Waals surface area contributed by atoms with E-state index in [0.717, 1.165) is 23.9 Å². The summed E-state index contributed by atoms with van der Waals surface area (Å²) in [6, 6.07) is 7.81. The fourth-order valence-electron chi connectivity index (χ4n) is 3.56. The molecule has 0 aliphatic carbocycles. The molecule has 3 rings (SSSR count). The van der Waals surface area contributed by atoms with Crippen LogP contribution in [0, 0.1) is 23.4 Å². The Hall–Kier alpha value is -3.55. The summed E-state index contributed by atoms with van der Waals surface area (Å²) in [4.78, 5) is 36.8. The molecule has 4 N–H and O–H groups in total. The van der Waals surface area contributed by atoms with Crippen molar-refractivity contribution in [2.24, 2.45) is 11.7 Å². The van der Waals surface area contributed by atoms with Gasteiger partial charge in [-0.2, -0.15) is 0 Å². The molecule has 0 aromatic heterocycles. The van der Waals surface area contributed by atoms with Crippen molar-refractivity contribution < 1.29 is 46.9 Å². The molecule has 38 heavy (non-hydrogen) atoms. The quantitative estimate of drug-likeness (QED) is 0.313. The molecule has 1 aliphatic heterocycles. The van der Waals surface area contributed by atoms with Crippen molar-refractivity contribution in [1.29, 1.82) is 0 Å². The number of Topliss-reactive ketones (excluding diaryl/α,β-unsaturated/α-hetero) is 1. The lowest BCUT2D eigenvalue weighted by Crippen LogP contribution is -2.54. The molecule has 0 spiro atoms. The molecule has 1 saturated heterocycles. The zero-order chi connectivity index (χ0) is 28.0. The summed E-state index contributed by atoms with van der Waals surface area (Å²) < 4.78 is 55.9. The zero-order valence-corrected chi connectivity index (χ0v) is 21.1.